The van der Waals surface area contributed by atoms with E-state index < -0.39 is 20.4 Å². The van der Waals surface area contributed by atoms with Gasteiger partial charge in [0.2, 0.25) is 9.05 Å². The van der Waals surface area contributed by atoms with Crippen molar-refractivity contribution in [3.8, 4) is 0 Å². The number of esters is 1. The molecule has 6 heteroatoms. The van der Waals surface area contributed by atoms with Gasteiger partial charge in [0.25, 0.3) is 0 Å². The largest absolute Gasteiger partial charge is 0.465 e. The van der Waals surface area contributed by atoms with Crippen molar-refractivity contribution in [2.45, 2.75) is 20.8 Å². The summed E-state index contributed by atoms with van der Waals surface area (Å²) in [5, 5.41) is 0. The first-order valence-electron chi connectivity index (χ1n) is 3.68. The van der Waals surface area contributed by atoms with E-state index in [-0.39, 0.29) is 12.4 Å². The van der Waals surface area contributed by atoms with Gasteiger partial charge in [-0.25, -0.2) is 8.42 Å². The molecule has 0 fully saturated rings. The molecule has 78 valence electrons. The molecular weight excluding hydrogens is 216 g/mol. The van der Waals surface area contributed by atoms with Gasteiger partial charge in [-0.2, -0.15) is 0 Å². The van der Waals surface area contributed by atoms with E-state index in [4.69, 9.17) is 15.4 Å². The predicted molar refractivity (Wildman–Crippen MR) is 50.1 cm³/mol. The molecule has 0 heterocycles. The molecule has 0 spiro atoms. The summed E-state index contributed by atoms with van der Waals surface area (Å²) in [6.07, 6.45) is 0. The van der Waals surface area contributed by atoms with Gasteiger partial charge in [-0.05, 0) is 0 Å². The highest BCUT2D eigenvalue weighted by molar-refractivity contribution is 8.13. The highest BCUT2D eigenvalue weighted by Gasteiger charge is 2.26. The van der Waals surface area contributed by atoms with E-state index in [0.29, 0.717) is 0 Å². The molecule has 0 amide bonds. The van der Waals surface area contributed by atoms with Gasteiger partial charge < -0.3 is 4.74 Å². The normalized spacial score (nSPS) is 12.6. The zero-order valence-corrected chi connectivity index (χ0v) is 9.41. The third kappa shape index (κ3) is 8.05. The van der Waals surface area contributed by atoms with Gasteiger partial charge in [0, 0.05) is 23.0 Å². The summed E-state index contributed by atoms with van der Waals surface area (Å²) >= 11 is 0. The van der Waals surface area contributed by atoms with Crippen LogP contribution in [0.1, 0.15) is 20.8 Å². The maximum atomic E-state index is 10.7. The van der Waals surface area contributed by atoms with Crippen LogP contribution in [0, 0.1) is 5.41 Å². The van der Waals surface area contributed by atoms with Crippen molar-refractivity contribution in [2.75, 3.05) is 12.4 Å². The minimum atomic E-state index is -3.55. The average Bonchev–Trinajstić information content (AvgIpc) is 1.78. The van der Waals surface area contributed by atoms with Crippen LogP contribution < -0.4 is 0 Å². The topological polar surface area (TPSA) is 60.4 Å². The second-order valence-electron chi connectivity index (χ2n) is 3.63. The zero-order valence-electron chi connectivity index (χ0n) is 7.83. The molecule has 0 saturated carbocycles. The van der Waals surface area contributed by atoms with Crippen LogP contribution in [-0.2, 0) is 18.6 Å². The van der Waals surface area contributed by atoms with Crippen LogP contribution >= 0.6 is 10.7 Å². The highest BCUT2D eigenvalue weighted by Crippen LogP contribution is 2.20. The number of hydrogen-bond acceptors (Lipinski definition) is 4. The number of carbonyl (C=O) groups excluding carboxylic acids is 1. The van der Waals surface area contributed by atoms with Crippen molar-refractivity contribution in [1.82, 2.24) is 0 Å². The molecule has 0 unspecified atom stereocenters. The standard InChI is InChI=1S/C7H13ClO4S/c1-6(9)12-4-7(2,3)5-13(8,10)11/h4-5H2,1-3H3. The first-order valence-corrected chi connectivity index (χ1v) is 6.16. The summed E-state index contributed by atoms with van der Waals surface area (Å²) in [6, 6.07) is 0. The first-order chi connectivity index (χ1) is 5.62. The molecule has 0 atom stereocenters. The van der Waals surface area contributed by atoms with Crippen LogP contribution in [0.5, 0.6) is 0 Å². The van der Waals surface area contributed by atoms with Crippen molar-refractivity contribution in [3.63, 3.8) is 0 Å². The first kappa shape index (κ1) is 12.7. The lowest BCUT2D eigenvalue weighted by Crippen LogP contribution is -2.27. The van der Waals surface area contributed by atoms with Crippen LogP contribution in [-0.4, -0.2) is 26.7 Å². The molecule has 0 aromatic heterocycles. The molecule has 0 aliphatic carbocycles. The summed E-state index contributed by atoms with van der Waals surface area (Å²) < 4.78 is 26.1. The highest BCUT2D eigenvalue weighted by atomic mass is 35.7. The quantitative estimate of drug-likeness (QED) is 0.535. The Morgan fingerprint density at radius 3 is 2.23 bits per heavy atom. The molecule has 4 nitrogen and oxygen atoms in total. The minimum absolute atomic E-state index is 0.0499. The molecule has 0 aliphatic rings. The molecule has 0 saturated heterocycles. The summed E-state index contributed by atoms with van der Waals surface area (Å²) in [4.78, 5) is 10.5. The Balaban J connectivity index is 4.17. The molecule has 0 bridgehead atoms. The third-order valence-electron chi connectivity index (χ3n) is 1.23. The molecule has 13 heavy (non-hydrogen) atoms. The summed E-state index contributed by atoms with van der Waals surface area (Å²) in [7, 11) is 1.52. The van der Waals surface area contributed by atoms with Crippen molar-refractivity contribution < 1.29 is 17.9 Å². The van der Waals surface area contributed by atoms with Gasteiger partial charge in [-0.15, -0.1) is 0 Å². The van der Waals surface area contributed by atoms with Gasteiger partial charge in [-0.3, -0.25) is 4.79 Å². The lowest BCUT2D eigenvalue weighted by Gasteiger charge is -2.21. The molecular formula is C7H13ClO4S. The molecule has 0 aliphatic heterocycles. The Kier molecular flexibility index (Phi) is 4.19. The van der Waals surface area contributed by atoms with Gasteiger partial charge in [0.1, 0.15) is 0 Å². The fourth-order valence-corrected chi connectivity index (χ4v) is 2.71. The summed E-state index contributed by atoms with van der Waals surface area (Å²) in [5.74, 6) is -0.644. The SMILES string of the molecule is CC(=O)OCC(C)(C)CS(=O)(=O)Cl. The number of carbonyl (C=O) groups is 1. The van der Waals surface area contributed by atoms with Crippen LogP contribution in [0.4, 0.5) is 0 Å². The van der Waals surface area contributed by atoms with Crippen molar-refractivity contribution in [1.29, 1.82) is 0 Å². The fraction of sp³-hybridized carbons (Fsp3) is 0.857. The van der Waals surface area contributed by atoms with Crippen LogP contribution in [0.25, 0.3) is 0 Å². The van der Waals surface area contributed by atoms with E-state index in [9.17, 15) is 13.2 Å². The number of hydrogen-bond donors (Lipinski definition) is 0. The van der Waals surface area contributed by atoms with E-state index in [1.54, 1.807) is 13.8 Å². The van der Waals surface area contributed by atoms with Crippen molar-refractivity contribution in [2.24, 2.45) is 5.41 Å². The molecule has 0 aromatic rings. The van der Waals surface area contributed by atoms with E-state index >= 15 is 0 Å². The van der Waals surface area contributed by atoms with Crippen LogP contribution in [0.2, 0.25) is 0 Å². The van der Waals surface area contributed by atoms with E-state index in [1.807, 2.05) is 0 Å². The van der Waals surface area contributed by atoms with Crippen molar-refractivity contribution in [3.05, 3.63) is 0 Å². The maximum absolute atomic E-state index is 10.7. The predicted octanol–water partition coefficient (Wildman–Crippen LogP) is 1.14. The Morgan fingerprint density at radius 2 is 1.92 bits per heavy atom. The number of ether oxygens (including phenoxy) is 1. The maximum Gasteiger partial charge on any atom is 0.302 e. The van der Waals surface area contributed by atoms with Crippen LogP contribution in [0.3, 0.4) is 0 Å². The third-order valence-corrected chi connectivity index (χ3v) is 2.68. The smallest absolute Gasteiger partial charge is 0.302 e. The minimum Gasteiger partial charge on any atom is -0.465 e. The van der Waals surface area contributed by atoms with E-state index in [2.05, 4.69) is 0 Å². The van der Waals surface area contributed by atoms with Crippen LogP contribution in [0.15, 0.2) is 0 Å². The lowest BCUT2D eigenvalue weighted by molar-refractivity contribution is -0.143. The van der Waals surface area contributed by atoms with Gasteiger partial charge in [0.05, 0.1) is 12.4 Å². The zero-order chi connectivity index (χ0) is 10.7. The molecule has 0 rings (SSSR count). The van der Waals surface area contributed by atoms with Crippen molar-refractivity contribution >= 4 is 25.7 Å². The fourth-order valence-electron chi connectivity index (χ4n) is 0.805. The monoisotopic (exact) mass is 228 g/mol. The van der Waals surface area contributed by atoms with Gasteiger partial charge in [0.15, 0.2) is 0 Å². The van der Waals surface area contributed by atoms with E-state index in [1.165, 1.54) is 6.92 Å². The van der Waals surface area contributed by atoms with Gasteiger partial charge in [-0.1, -0.05) is 13.8 Å². The van der Waals surface area contributed by atoms with Gasteiger partial charge >= 0.3 is 5.97 Å². The summed E-state index contributed by atoms with van der Waals surface area (Å²) in [5.41, 5.74) is -0.647. The number of halogens is 1. The molecule has 0 aromatic carbocycles. The Bertz CT molecular complexity index is 281. The second-order valence-corrected chi connectivity index (χ2v) is 6.40. The molecule has 0 N–H and O–H groups in total. The lowest BCUT2D eigenvalue weighted by atomic mass is 9.98. The number of rotatable bonds is 4. The Hall–Kier alpha value is -0.290. The average molecular weight is 229 g/mol. The second kappa shape index (κ2) is 4.28. The Morgan fingerprint density at radius 1 is 1.46 bits per heavy atom. The van der Waals surface area contributed by atoms with E-state index in [0.717, 1.165) is 0 Å². The summed E-state index contributed by atoms with van der Waals surface area (Å²) in [6.45, 7) is 4.64. The Labute approximate surface area is 82.6 Å². The molecule has 0 radical (unpaired) electrons.